The van der Waals surface area contributed by atoms with E-state index in [0.717, 1.165) is 56.1 Å². The van der Waals surface area contributed by atoms with Crippen molar-refractivity contribution in [1.29, 1.82) is 0 Å². The molecule has 4 rings (SSSR count). The number of carbonyl (C=O) groups is 1. The van der Waals surface area contributed by atoms with Gasteiger partial charge in [0.2, 0.25) is 0 Å². The van der Waals surface area contributed by atoms with Crippen molar-refractivity contribution in [3.05, 3.63) is 69.9 Å². The summed E-state index contributed by atoms with van der Waals surface area (Å²) in [5, 5.41) is 5.57. The second kappa shape index (κ2) is 8.82. The number of rotatable bonds is 6. The molecule has 1 N–H and O–H groups in total. The third kappa shape index (κ3) is 4.70. The van der Waals surface area contributed by atoms with Crippen LogP contribution in [0.1, 0.15) is 39.5 Å². The molecule has 0 unspecified atom stereocenters. The lowest BCUT2D eigenvalue weighted by molar-refractivity contribution is 0.0662. The van der Waals surface area contributed by atoms with E-state index in [4.69, 9.17) is 0 Å². The minimum atomic E-state index is 0.137. The molecule has 3 aromatic rings. The normalized spacial score (nSPS) is 16.8. The van der Waals surface area contributed by atoms with Crippen LogP contribution in [0, 0.1) is 19.8 Å². The van der Waals surface area contributed by atoms with Crippen molar-refractivity contribution in [2.75, 3.05) is 18.4 Å². The number of thiophene rings is 1. The molecule has 5 nitrogen and oxygen atoms in total. The van der Waals surface area contributed by atoms with Crippen molar-refractivity contribution >= 4 is 22.9 Å². The van der Waals surface area contributed by atoms with Crippen LogP contribution >= 0.6 is 11.3 Å². The maximum Gasteiger partial charge on any atom is 0.253 e. The summed E-state index contributed by atoms with van der Waals surface area (Å²) in [6.07, 6.45) is 6.09. The van der Waals surface area contributed by atoms with E-state index < -0.39 is 0 Å². The minimum Gasteiger partial charge on any atom is -0.380 e. The summed E-state index contributed by atoms with van der Waals surface area (Å²) in [5.41, 5.74) is 3.13. The van der Waals surface area contributed by atoms with Crippen LogP contribution in [-0.4, -0.2) is 33.4 Å². The molecule has 1 atom stereocenters. The number of hydrogen-bond donors (Lipinski definition) is 1. The Balaban J connectivity index is 1.34. The fourth-order valence-electron chi connectivity index (χ4n) is 3.95. The van der Waals surface area contributed by atoms with E-state index in [0.29, 0.717) is 5.92 Å². The molecule has 0 radical (unpaired) electrons. The van der Waals surface area contributed by atoms with Gasteiger partial charge in [-0.25, -0.2) is 4.98 Å². The molecule has 0 bridgehead atoms. The topological polar surface area (TPSA) is 50.2 Å². The maximum atomic E-state index is 13.0. The molecule has 0 spiro atoms. The average Bonchev–Trinajstić information content (AvgIpc) is 3.34. The van der Waals surface area contributed by atoms with Crippen molar-refractivity contribution in [2.24, 2.45) is 5.92 Å². The Morgan fingerprint density at radius 3 is 2.76 bits per heavy atom. The maximum absolute atomic E-state index is 13.0. The lowest BCUT2D eigenvalue weighted by Gasteiger charge is -2.33. The smallest absolute Gasteiger partial charge is 0.253 e. The zero-order valence-electron chi connectivity index (χ0n) is 17.1. The molecule has 3 heterocycles. The van der Waals surface area contributed by atoms with Crippen molar-refractivity contribution in [1.82, 2.24) is 14.5 Å². The Morgan fingerprint density at radius 2 is 2.07 bits per heavy atom. The Morgan fingerprint density at radius 1 is 1.24 bits per heavy atom. The molecule has 1 aliphatic rings. The van der Waals surface area contributed by atoms with Crippen LogP contribution in [0.5, 0.6) is 0 Å². The SMILES string of the molecule is Cc1ccsc1CNc1ccc(C(=O)N2CCC[C@@H](Cn3ccnc3C)C2)cc1. The van der Waals surface area contributed by atoms with Crippen molar-refractivity contribution in [3.63, 3.8) is 0 Å². The molecular weight excluding hydrogens is 380 g/mol. The average molecular weight is 409 g/mol. The van der Waals surface area contributed by atoms with Crippen LogP contribution in [0.15, 0.2) is 48.1 Å². The number of imidazole rings is 1. The Labute approximate surface area is 176 Å². The Kier molecular flexibility index (Phi) is 6.00. The van der Waals surface area contributed by atoms with Gasteiger partial charge in [-0.3, -0.25) is 4.79 Å². The van der Waals surface area contributed by atoms with Gasteiger partial charge < -0.3 is 14.8 Å². The lowest BCUT2D eigenvalue weighted by Crippen LogP contribution is -2.41. The number of likely N-dealkylation sites (tertiary alicyclic amines) is 1. The largest absolute Gasteiger partial charge is 0.380 e. The monoisotopic (exact) mass is 408 g/mol. The molecular formula is C23H28N4OS. The third-order valence-corrected chi connectivity index (χ3v) is 6.76. The molecule has 29 heavy (non-hydrogen) atoms. The van der Waals surface area contributed by atoms with E-state index in [9.17, 15) is 4.79 Å². The van der Waals surface area contributed by atoms with E-state index >= 15 is 0 Å². The number of nitrogens with one attached hydrogen (secondary N) is 1. The lowest BCUT2D eigenvalue weighted by atomic mass is 9.97. The van der Waals surface area contributed by atoms with Crippen LogP contribution in [-0.2, 0) is 13.1 Å². The van der Waals surface area contributed by atoms with Crippen molar-refractivity contribution in [3.8, 4) is 0 Å². The number of anilines is 1. The first-order chi connectivity index (χ1) is 14.1. The molecule has 1 aromatic carbocycles. The van der Waals surface area contributed by atoms with Crippen LogP contribution in [0.4, 0.5) is 5.69 Å². The number of benzene rings is 1. The highest BCUT2D eigenvalue weighted by atomic mass is 32.1. The Bertz CT molecular complexity index is 959. The predicted molar refractivity (Wildman–Crippen MR) is 118 cm³/mol. The minimum absolute atomic E-state index is 0.137. The molecule has 0 saturated carbocycles. The molecule has 1 saturated heterocycles. The van der Waals surface area contributed by atoms with E-state index in [1.54, 1.807) is 11.3 Å². The summed E-state index contributed by atoms with van der Waals surface area (Å²) in [7, 11) is 0. The van der Waals surface area contributed by atoms with E-state index in [2.05, 4.69) is 33.2 Å². The summed E-state index contributed by atoms with van der Waals surface area (Å²) in [6, 6.07) is 10.0. The van der Waals surface area contributed by atoms with Gasteiger partial charge in [0.15, 0.2) is 0 Å². The summed E-state index contributed by atoms with van der Waals surface area (Å²) < 4.78 is 2.19. The fourth-order valence-corrected chi connectivity index (χ4v) is 4.80. The predicted octanol–water partition coefficient (Wildman–Crippen LogP) is 4.73. The van der Waals surface area contributed by atoms with Gasteiger partial charge in [-0.2, -0.15) is 0 Å². The highest BCUT2D eigenvalue weighted by molar-refractivity contribution is 7.10. The highest BCUT2D eigenvalue weighted by Crippen LogP contribution is 2.22. The summed E-state index contributed by atoms with van der Waals surface area (Å²) in [4.78, 5) is 20.7. The molecule has 1 fully saturated rings. The van der Waals surface area contributed by atoms with Crippen LogP contribution in [0.3, 0.4) is 0 Å². The van der Waals surface area contributed by atoms with Crippen LogP contribution < -0.4 is 5.32 Å². The molecule has 6 heteroatoms. The van der Waals surface area contributed by atoms with Crippen molar-refractivity contribution in [2.45, 2.75) is 39.8 Å². The molecule has 2 aromatic heterocycles. The number of carbonyl (C=O) groups excluding carboxylic acids is 1. The standard InChI is InChI=1S/C23H28N4OS/c1-17-9-13-29-22(17)14-25-21-7-5-20(6-8-21)23(28)27-11-3-4-19(16-27)15-26-12-10-24-18(26)2/h5-10,12-13,19,25H,3-4,11,14-16H2,1-2H3/t19-/m0/s1. The number of hydrogen-bond acceptors (Lipinski definition) is 4. The van der Waals surface area contributed by atoms with E-state index in [-0.39, 0.29) is 5.91 Å². The number of amides is 1. The van der Waals surface area contributed by atoms with Crippen LogP contribution in [0.2, 0.25) is 0 Å². The zero-order valence-corrected chi connectivity index (χ0v) is 17.9. The summed E-state index contributed by atoms with van der Waals surface area (Å²) in [6.45, 7) is 7.57. The number of aromatic nitrogens is 2. The molecule has 0 aliphatic carbocycles. The first-order valence-electron chi connectivity index (χ1n) is 10.2. The van der Waals surface area contributed by atoms with Gasteiger partial charge in [-0.15, -0.1) is 11.3 Å². The van der Waals surface area contributed by atoms with Crippen LogP contribution in [0.25, 0.3) is 0 Å². The van der Waals surface area contributed by atoms with E-state index in [1.807, 2.05) is 48.5 Å². The third-order valence-electron chi connectivity index (χ3n) is 5.74. The van der Waals surface area contributed by atoms with Gasteiger partial charge in [0.1, 0.15) is 5.82 Å². The highest BCUT2D eigenvalue weighted by Gasteiger charge is 2.25. The van der Waals surface area contributed by atoms with Gasteiger partial charge in [0.05, 0.1) is 0 Å². The number of aryl methyl sites for hydroxylation is 2. The molecule has 1 amide bonds. The van der Waals surface area contributed by atoms with Gasteiger partial charge in [-0.1, -0.05) is 0 Å². The summed E-state index contributed by atoms with van der Waals surface area (Å²) in [5.74, 6) is 1.66. The molecule has 152 valence electrons. The van der Waals surface area contributed by atoms with Gasteiger partial charge in [-0.05, 0) is 73.9 Å². The zero-order chi connectivity index (χ0) is 20.2. The number of nitrogens with zero attached hydrogens (tertiary/aromatic N) is 3. The second-order valence-corrected chi connectivity index (χ2v) is 8.84. The van der Waals surface area contributed by atoms with Crippen molar-refractivity contribution < 1.29 is 4.79 Å². The van der Waals surface area contributed by atoms with Gasteiger partial charge in [0, 0.05) is 54.7 Å². The second-order valence-electron chi connectivity index (χ2n) is 7.84. The van der Waals surface area contributed by atoms with Gasteiger partial charge in [0.25, 0.3) is 5.91 Å². The fraction of sp³-hybridized carbons (Fsp3) is 0.391. The molecule has 1 aliphatic heterocycles. The quantitative estimate of drug-likeness (QED) is 0.642. The first kappa shape index (κ1) is 19.7. The first-order valence-corrected chi connectivity index (χ1v) is 11.1. The Hall–Kier alpha value is -2.60. The van der Waals surface area contributed by atoms with E-state index in [1.165, 1.54) is 10.4 Å². The number of piperidine rings is 1. The summed E-state index contributed by atoms with van der Waals surface area (Å²) >= 11 is 1.77. The van der Waals surface area contributed by atoms with Gasteiger partial charge >= 0.3 is 0 Å².